The second-order valence-corrected chi connectivity index (χ2v) is 8.14. The predicted molar refractivity (Wildman–Crippen MR) is 102 cm³/mol. The van der Waals surface area contributed by atoms with Gasteiger partial charge in [-0.25, -0.2) is 13.1 Å². The summed E-state index contributed by atoms with van der Waals surface area (Å²) < 4.78 is 31.9. The zero-order valence-electron chi connectivity index (χ0n) is 13.6. The van der Waals surface area contributed by atoms with E-state index in [1.807, 2.05) is 18.2 Å². The highest BCUT2D eigenvalue weighted by atomic mass is 32.2. The summed E-state index contributed by atoms with van der Waals surface area (Å²) in [6, 6.07) is 5.65. The molecule has 1 aromatic rings. The van der Waals surface area contributed by atoms with E-state index in [1.165, 1.54) is 12.1 Å². The molecule has 136 valence electrons. The molecule has 1 amide bonds. The lowest BCUT2D eigenvalue weighted by Gasteiger charge is -2.32. The Morgan fingerprint density at radius 1 is 1.36 bits per heavy atom. The molecule has 0 saturated carbocycles. The maximum Gasteiger partial charge on any atom is 0.241 e. The fourth-order valence-corrected chi connectivity index (χ4v) is 4.29. The Balaban J connectivity index is 1.49. The maximum absolute atomic E-state index is 12.4. The van der Waals surface area contributed by atoms with E-state index in [9.17, 15) is 13.2 Å². The van der Waals surface area contributed by atoms with E-state index in [4.69, 9.17) is 0 Å². The summed E-state index contributed by atoms with van der Waals surface area (Å²) in [5.74, 6) is 0.00115. The summed E-state index contributed by atoms with van der Waals surface area (Å²) in [4.78, 5) is 14.1. The molecule has 0 unspecified atom stereocenters. The lowest BCUT2D eigenvalue weighted by atomic mass is 10.1. The molecule has 2 aliphatic rings. The van der Waals surface area contributed by atoms with E-state index in [0.29, 0.717) is 25.9 Å². The zero-order valence-corrected chi connectivity index (χ0v) is 15.3. The topological polar surface area (TPSA) is 103 Å². The highest BCUT2D eigenvalue weighted by Gasteiger charge is 2.25. The first kappa shape index (κ1) is 17.9. The van der Waals surface area contributed by atoms with E-state index in [1.54, 1.807) is 4.90 Å². The first-order valence-corrected chi connectivity index (χ1v) is 10.3. The minimum absolute atomic E-state index is 0.00115. The van der Waals surface area contributed by atoms with Crippen molar-refractivity contribution in [2.75, 3.05) is 34.4 Å². The van der Waals surface area contributed by atoms with Gasteiger partial charge in [-0.05, 0) is 25.0 Å². The molecule has 2 aliphatic heterocycles. The fraction of sp³-hybridized carbons (Fsp3) is 0.400. The van der Waals surface area contributed by atoms with Crippen LogP contribution in [0.5, 0.6) is 0 Å². The Morgan fingerprint density at radius 3 is 2.84 bits per heavy atom. The summed E-state index contributed by atoms with van der Waals surface area (Å²) in [5.41, 5.74) is 2.80. The molecule has 0 spiro atoms. The van der Waals surface area contributed by atoms with Crippen molar-refractivity contribution in [3.63, 3.8) is 0 Å². The lowest BCUT2D eigenvalue weighted by molar-refractivity contribution is -0.130. The van der Waals surface area contributed by atoms with Crippen molar-refractivity contribution in [3.8, 4) is 0 Å². The minimum Gasteiger partial charge on any atom is -0.374 e. The van der Waals surface area contributed by atoms with Gasteiger partial charge in [0.2, 0.25) is 15.9 Å². The molecule has 0 radical (unpaired) electrons. The van der Waals surface area contributed by atoms with Gasteiger partial charge in [0, 0.05) is 24.5 Å². The molecular formula is C15H21N5O3S2. The number of piperidine rings is 1. The van der Waals surface area contributed by atoms with Crippen LogP contribution < -0.4 is 19.5 Å². The predicted octanol–water partition coefficient (Wildman–Crippen LogP) is 1.55. The van der Waals surface area contributed by atoms with E-state index in [2.05, 4.69) is 26.1 Å². The second-order valence-electron chi connectivity index (χ2n) is 5.87. The molecule has 10 heteroatoms. The van der Waals surface area contributed by atoms with E-state index in [-0.39, 0.29) is 18.5 Å². The molecule has 4 N–H and O–H groups in total. The van der Waals surface area contributed by atoms with Crippen LogP contribution in [0.2, 0.25) is 0 Å². The second kappa shape index (κ2) is 7.54. The Hall–Kier alpha value is -1.91. The number of nitrogens with one attached hydrogen (secondary N) is 4. The van der Waals surface area contributed by atoms with Gasteiger partial charge in [0.05, 0.1) is 35.7 Å². The molecule has 1 saturated heterocycles. The van der Waals surface area contributed by atoms with Gasteiger partial charge < -0.3 is 19.7 Å². The fourth-order valence-electron chi connectivity index (χ4n) is 2.84. The number of carbonyl (C=O) groups excluding carboxylic acids is 1. The van der Waals surface area contributed by atoms with Crippen molar-refractivity contribution in [1.29, 1.82) is 0 Å². The van der Waals surface area contributed by atoms with Crippen LogP contribution in [-0.4, -0.2) is 44.9 Å². The molecule has 1 aromatic carbocycles. The van der Waals surface area contributed by atoms with Gasteiger partial charge >= 0.3 is 0 Å². The molecule has 25 heavy (non-hydrogen) atoms. The highest BCUT2D eigenvalue weighted by molar-refractivity contribution is 8.02. The Kier molecular flexibility index (Phi) is 5.40. The molecule has 3 rings (SSSR count). The van der Waals surface area contributed by atoms with Crippen LogP contribution in [0.3, 0.4) is 0 Å². The van der Waals surface area contributed by atoms with Crippen molar-refractivity contribution in [1.82, 2.24) is 9.62 Å². The number of rotatable bonds is 6. The third-order valence-corrected chi connectivity index (χ3v) is 5.94. The number of hydrogen-bond donors (Lipinski definition) is 4. The standard InChI is InChI=1S/C15H21N5O3S2/c1-2-25(22,23)19-11-6-8-20(9-7-11)14(21)10-16-12-4-3-5-13-15(12)18-24-17-13/h2-5,11,16-19H,1,6-10H2. The first-order valence-electron chi connectivity index (χ1n) is 7.96. The molecule has 0 aromatic heterocycles. The SMILES string of the molecule is C=CS(=O)(=O)NC1CCN(C(=O)CNc2cccc3c2NSN3)CC1. The molecule has 1 fully saturated rings. The normalized spacial score (nSPS) is 17.4. The number of nitrogens with zero attached hydrogens (tertiary/aromatic N) is 1. The van der Waals surface area contributed by atoms with Crippen LogP contribution in [0.1, 0.15) is 12.8 Å². The van der Waals surface area contributed by atoms with Gasteiger partial charge in [0.1, 0.15) is 0 Å². The van der Waals surface area contributed by atoms with Crippen LogP contribution in [0.25, 0.3) is 0 Å². The molecule has 2 heterocycles. The highest BCUT2D eigenvalue weighted by Crippen LogP contribution is 2.38. The van der Waals surface area contributed by atoms with Gasteiger partial charge in [-0.2, -0.15) is 0 Å². The first-order chi connectivity index (χ1) is 12.0. The summed E-state index contributed by atoms with van der Waals surface area (Å²) in [6.07, 6.45) is 1.20. The van der Waals surface area contributed by atoms with Crippen LogP contribution in [0, 0.1) is 0 Å². The van der Waals surface area contributed by atoms with Crippen molar-refractivity contribution < 1.29 is 13.2 Å². The number of para-hydroxylation sites is 1. The van der Waals surface area contributed by atoms with Crippen molar-refractivity contribution in [2.24, 2.45) is 0 Å². The minimum atomic E-state index is -3.43. The van der Waals surface area contributed by atoms with E-state index < -0.39 is 10.0 Å². The average molecular weight is 383 g/mol. The molecule has 0 atom stereocenters. The molecule has 0 aliphatic carbocycles. The number of fused-ring (bicyclic) bond motifs is 1. The third-order valence-electron chi connectivity index (χ3n) is 4.21. The van der Waals surface area contributed by atoms with Gasteiger partial charge in [0.25, 0.3) is 0 Å². The molecule has 0 bridgehead atoms. The van der Waals surface area contributed by atoms with Crippen LogP contribution in [0.4, 0.5) is 17.1 Å². The van der Waals surface area contributed by atoms with Gasteiger partial charge in [-0.3, -0.25) is 4.79 Å². The quantitative estimate of drug-likeness (QED) is 0.553. The average Bonchev–Trinajstić information content (AvgIpc) is 3.09. The number of likely N-dealkylation sites (tertiary alicyclic amines) is 1. The largest absolute Gasteiger partial charge is 0.374 e. The van der Waals surface area contributed by atoms with E-state index in [0.717, 1.165) is 22.5 Å². The number of sulfonamides is 1. The van der Waals surface area contributed by atoms with Crippen molar-refractivity contribution in [2.45, 2.75) is 18.9 Å². The number of carbonyl (C=O) groups is 1. The number of benzene rings is 1. The smallest absolute Gasteiger partial charge is 0.241 e. The summed E-state index contributed by atoms with van der Waals surface area (Å²) in [6.45, 7) is 4.56. The Bertz CT molecular complexity index is 760. The lowest BCUT2D eigenvalue weighted by Crippen LogP contribution is -2.47. The molecular weight excluding hydrogens is 362 g/mol. The van der Waals surface area contributed by atoms with E-state index >= 15 is 0 Å². The summed E-state index contributed by atoms with van der Waals surface area (Å²) in [7, 11) is -3.43. The van der Waals surface area contributed by atoms with Crippen molar-refractivity contribution >= 4 is 45.1 Å². The number of amides is 1. The van der Waals surface area contributed by atoms with Crippen LogP contribution in [0.15, 0.2) is 30.2 Å². The van der Waals surface area contributed by atoms with Crippen LogP contribution in [-0.2, 0) is 14.8 Å². The van der Waals surface area contributed by atoms with Crippen LogP contribution >= 0.6 is 12.1 Å². The molecule has 8 nitrogen and oxygen atoms in total. The maximum atomic E-state index is 12.4. The summed E-state index contributed by atoms with van der Waals surface area (Å²) in [5, 5.41) is 4.08. The van der Waals surface area contributed by atoms with Gasteiger partial charge in [0.15, 0.2) is 0 Å². The number of anilines is 3. The third kappa shape index (κ3) is 4.39. The van der Waals surface area contributed by atoms with Crippen molar-refractivity contribution in [3.05, 3.63) is 30.2 Å². The summed E-state index contributed by atoms with van der Waals surface area (Å²) >= 11 is 1.39. The Labute approximate surface area is 151 Å². The van der Waals surface area contributed by atoms with Gasteiger partial charge in [-0.15, -0.1) is 0 Å². The number of hydrogen-bond acceptors (Lipinski definition) is 7. The monoisotopic (exact) mass is 383 g/mol. The Morgan fingerprint density at radius 2 is 2.12 bits per heavy atom. The van der Waals surface area contributed by atoms with Gasteiger partial charge in [-0.1, -0.05) is 12.6 Å². The zero-order chi connectivity index (χ0) is 17.9.